The van der Waals surface area contributed by atoms with Crippen LogP contribution in [0.4, 0.5) is 0 Å². The van der Waals surface area contributed by atoms with Gasteiger partial charge in [0, 0.05) is 24.4 Å². The first-order valence-corrected chi connectivity index (χ1v) is 6.74. The summed E-state index contributed by atoms with van der Waals surface area (Å²) in [6.45, 7) is 8.56. The van der Waals surface area contributed by atoms with Crippen molar-refractivity contribution in [1.82, 2.24) is 4.98 Å². The Labute approximate surface area is 102 Å². The predicted octanol–water partition coefficient (Wildman–Crippen LogP) is 2.38. The summed E-state index contributed by atoms with van der Waals surface area (Å²) in [4.78, 5) is 5.89. The van der Waals surface area contributed by atoms with Gasteiger partial charge in [-0.3, -0.25) is 0 Å². The third kappa shape index (κ3) is 4.20. The topological polar surface area (TPSA) is 48.1 Å². The molecule has 0 aliphatic heterocycles. The van der Waals surface area contributed by atoms with Gasteiger partial charge in [0.05, 0.1) is 17.3 Å². The summed E-state index contributed by atoms with van der Waals surface area (Å²) in [6.07, 6.45) is 1.93. The summed E-state index contributed by atoms with van der Waals surface area (Å²) < 4.78 is 5.34. The average Bonchev–Trinajstić information content (AvgIpc) is 2.60. The Bertz CT molecular complexity index is 310. The second-order valence-corrected chi connectivity index (χ2v) is 5.39. The molecular weight excluding hydrogens is 220 g/mol. The van der Waals surface area contributed by atoms with Crippen molar-refractivity contribution >= 4 is 11.3 Å². The number of hydrogen-bond acceptors (Lipinski definition) is 4. The molecule has 0 amide bonds. The van der Waals surface area contributed by atoms with Gasteiger partial charge in [-0.05, 0) is 19.3 Å². The van der Waals surface area contributed by atoms with Crippen LogP contribution >= 0.6 is 11.3 Å². The van der Waals surface area contributed by atoms with Crippen molar-refractivity contribution in [2.45, 2.75) is 40.2 Å². The fourth-order valence-corrected chi connectivity index (χ4v) is 2.51. The van der Waals surface area contributed by atoms with Crippen molar-refractivity contribution in [3.8, 4) is 0 Å². The quantitative estimate of drug-likeness (QED) is 0.747. The summed E-state index contributed by atoms with van der Waals surface area (Å²) in [5.41, 5.74) is 6.92. The van der Waals surface area contributed by atoms with Crippen LogP contribution in [-0.4, -0.2) is 18.2 Å². The molecule has 16 heavy (non-hydrogen) atoms. The summed E-state index contributed by atoms with van der Waals surface area (Å²) >= 11 is 1.74. The molecule has 0 aliphatic carbocycles. The molecule has 0 radical (unpaired) electrons. The summed E-state index contributed by atoms with van der Waals surface area (Å²) in [7, 11) is 0. The fraction of sp³-hybridized carbons (Fsp3) is 0.750. The van der Waals surface area contributed by atoms with Crippen LogP contribution in [0.1, 0.15) is 36.3 Å². The molecule has 0 atom stereocenters. The molecule has 0 saturated carbocycles. The molecule has 2 N–H and O–H groups in total. The summed E-state index contributed by atoms with van der Waals surface area (Å²) in [6, 6.07) is 0. The van der Waals surface area contributed by atoms with Crippen LogP contribution in [0.3, 0.4) is 0 Å². The molecule has 1 aromatic rings. The highest BCUT2D eigenvalue weighted by atomic mass is 32.1. The smallest absolute Gasteiger partial charge is 0.0954 e. The van der Waals surface area contributed by atoms with E-state index in [1.54, 1.807) is 11.3 Å². The van der Waals surface area contributed by atoms with Gasteiger partial charge in [-0.15, -0.1) is 11.3 Å². The van der Waals surface area contributed by atoms with Crippen molar-refractivity contribution in [1.29, 1.82) is 0 Å². The molecule has 0 fully saturated rings. The number of aromatic nitrogens is 1. The lowest BCUT2D eigenvalue weighted by Gasteiger charge is -2.02. The van der Waals surface area contributed by atoms with E-state index in [0.29, 0.717) is 12.5 Å². The van der Waals surface area contributed by atoms with Crippen LogP contribution in [0, 0.1) is 5.92 Å². The van der Waals surface area contributed by atoms with E-state index in [1.807, 2.05) is 6.92 Å². The van der Waals surface area contributed by atoms with E-state index in [0.717, 1.165) is 31.1 Å². The SMILES string of the molecule is CCOCCc1nc(CC(C)C)c(CN)s1. The molecule has 1 heterocycles. The Morgan fingerprint density at radius 3 is 2.75 bits per heavy atom. The van der Waals surface area contributed by atoms with Gasteiger partial charge in [-0.2, -0.15) is 0 Å². The highest BCUT2D eigenvalue weighted by Gasteiger charge is 2.11. The van der Waals surface area contributed by atoms with E-state index >= 15 is 0 Å². The molecule has 3 nitrogen and oxygen atoms in total. The van der Waals surface area contributed by atoms with Gasteiger partial charge < -0.3 is 10.5 Å². The lowest BCUT2D eigenvalue weighted by atomic mass is 10.1. The zero-order valence-corrected chi connectivity index (χ0v) is 11.3. The van der Waals surface area contributed by atoms with Gasteiger partial charge in [-0.1, -0.05) is 13.8 Å². The molecule has 0 spiro atoms. The first kappa shape index (κ1) is 13.6. The van der Waals surface area contributed by atoms with E-state index in [1.165, 1.54) is 10.6 Å². The normalized spacial score (nSPS) is 11.3. The van der Waals surface area contributed by atoms with Crippen molar-refractivity contribution in [2.75, 3.05) is 13.2 Å². The number of ether oxygens (including phenoxy) is 1. The highest BCUT2D eigenvalue weighted by molar-refractivity contribution is 7.11. The summed E-state index contributed by atoms with van der Waals surface area (Å²) in [5, 5.41) is 1.16. The number of rotatable bonds is 7. The predicted molar refractivity (Wildman–Crippen MR) is 68.7 cm³/mol. The van der Waals surface area contributed by atoms with E-state index in [2.05, 4.69) is 18.8 Å². The first-order valence-electron chi connectivity index (χ1n) is 5.92. The molecule has 1 aromatic heterocycles. The number of nitrogens with zero attached hydrogens (tertiary/aromatic N) is 1. The third-order valence-electron chi connectivity index (χ3n) is 2.27. The van der Waals surface area contributed by atoms with Crippen LogP contribution in [0.15, 0.2) is 0 Å². The van der Waals surface area contributed by atoms with Crippen LogP contribution < -0.4 is 5.73 Å². The minimum Gasteiger partial charge on any atom is -0.381 e. The van der Waals surface area contributed by atoms with E-state index in [9.17, 15) is 0 Å². The number of hydrogen-bond donors (Lipinski definition) is 1. The van der Waals surface area contributed by atoms with Gasteiger partial charge >= 0.3 is 0 Å². The van der Waals surface area contributed by atoms with Crippen molar-refractivity contribution in [3.63, 3.8) is 0 Å². The number of thiazole rings is 1. The molecule has 0 bridgehead atoms. The lowest BCUT2D eigenvalue weighted by molar-refractivity contribution is 0.151. The van der Waals surface area contributed by atoms with Gasteiger partial charge in [0.25, 0.3) is 0 Å². The molecule has 0 saturated heterocycles. The van der Waals surface area contributed by atoms with Gasteiger partial charge in [0.2, 0.25) is 0 Å². The minimum atomic E-state index is 0.606. The van der Waals surface area contributed by atoms with Crippen molar-refractivity contribution < 1.29 is 4.74 Å². The molecule has 0 aromatic carbocycles. The average molecular weight is 242 g/mol. The maximum absolute atomic E-state index is 5.73. The standard InChI is InChI=1S/C12H22N2OS/c1-4-15-6-5-12-14-10(7-9(2)3)11(8-13)16-12/h9H,4-8,13H2,1-3H3. The molecular formula is C12H22N2OS. The summed E-state index contributed by atoms with van der Waals surface area (Å²) in [5.74, 6) is 0.632. The molecule has 92 valence electrons. The Morgan fingerprint density at radius 2 is 2.19 bits per heavy atom. The van der Waals surface area contributed by atoms with Crippen LogP contribution in [0.25, 0.3) is 0 Å². The largest absolute Gasteiger partial charge is 0.381 e. The van der Waals surface area contributed by atoms with E-state index < -0.39 is 0 Å². The molecule has 0 aliphatic rings. The minimum absolute atomic E-state index is 0.606. The van der Waals surface area contributed by atoms with Crippen LogP contribution in [0.5, 0.6) is 0 Å². The Hall–Kier alpha value is -0.450. The molecule has 1 rings (SSSR count). The van der Waals surface area contributed by atoms with E-state index in [4.69, 9.17) is 10.5 Å². The second-order valence-electron chi connectivity index (χ2n) is 4.23. The maximum atomic E-state index is 5.73. The molecule has 0 unspecified atom stereocenters. The Balaban J connectivity index is 2.62. The molecule has 4 heteroatoms. The Kier molecular flexibility index (Phi) is 5.95. The zero-order valence-electron chi connectivity index (χ0n) is 10.5. The highest BCUT2D eigenvalue weighted by Crippen LogP contribution is 2.21. The maximum Gasteiger partial charge on any atom is 0.0954 e. The van der Waals surface area contributed by atoms with E-state index in [-0.39, 0.29) is 0 Å². The fourth-order valence-electron chi connectivity index (χ4n) is 1.55. The van der Waals surface area contributed by atoms with Gasteiger partial charge in [0.1, 0.15) is 0 Å². The lowest BCUT2D eigenvalue weighted by Crippen LogP contribution is -2.02. The third-order valence-corrected chi connectivity index (χ3v) is 3.45. The van der Waals surface area contributed by atoms with Gasteiger partial charge in [-0.25, -0.2) is 4.98 Å². The van der Waals surface area contributed by atoms with Crippen molar-refractivity contribution in [3.05, 3.63) is 15.6 Å². The zero-order chi connectivity index (χ0) is 12.0. The Morgan fingerprint density at radius 1 is 1.44 bits per heavy atom. The number of nitrogens with two attached hydrogens (primary N) is 1. The van der Waals surface area contributed by atoms with Gasteiger partial charge in [0.15, 0.2) is 0 Å². The van der Waals surface area contributed by atoms with Crippen LogP contribution in [0.2, 0.25) is 0 Å². The van der Waals surface area contributed by atoms with Crippen molar-refractivity contribution in [2.24, 2.45) is 11.7 Å². The first-order chi connectivity index (χ1) is 7.67. The monoisotopic (exact) mass is 242 g/mol. The van der Waals surface area contributed by atoms with Crippen LogP contribution in [-0.2, 0) is 24.1 Å². The second kappa shape index (κ2) is 6.99.